The molecule has 0 bridgehead atoms. The lowest BCUT2D eigenvalue weighted by molar-refractivity contribution is 0.0993. The van der Waals surface area contributed by atoms with Crippen LogP contribution < -0.4 is 10.5 Å². The van der Waals surface area contributed by atoms with Crippen LogP contribution in [0.15, 0.2) is 29.1 Å². The van der Waals surface area contributed by atoms with E-state index >= 15 is 0 Å². The maximum Gasteiger partial charge on any atom is 0.294 e. The highest BCUT2D eigenvalue weighted by molar-refractivity contribution is 6.31. The number of hydrogen-bond acceptors (Lipinski definition) is 4. The van der Waals surface area contributed by atoms with Crippen molar-refractivity contribution in [3.63, 3.8) is 0 Å². The van der Waals surface area contributed by atoms with Gasteiger partial charge in [-0.2, -0.15) is 0 Å². The Hall–Kier alpha value is -3.26. The number of carbonyl (C=O) groups excluding carboxylic acids is 1. The van der Waals surface area contributed by atoms with Crippen molar-refractivity contribution in [3.05, 3.63) is 68.0 Å². The van der Waals surface area contributed by atoms with Gasteiger partial charge in [-0.25, -0.2) is 4.39 Å². The number of benzene rings is 2. The minimum Gasteiger partial charge on any atom is -0.317 e. The molecule has 1 aliphatic carbocycles. The number of aromatic nitrogens is 4. The fraction of sp³-hybridized carbons (Fsp3) is 0.304. The molecule has 1 fully saturated rings. The molecule has 1 N–H and O–H groups in total. The van der Waals surface area contributed by atoms with Gasteiger partial charge >= 0.3 is 0 Å². The van der Waals surface area contributed by atoms with Crippen LogP contribution in [0.2, 0.25) is 5.02 Å². The van der Waals surface area contributed by atoms with Gasteiger partial charge in [-0.1, -0.05) is 24.4 Å². The summed E-state index contributed by atoms with van der Waals surface area (Å²) < 4.78 is 16.0. The number of hydrogen-bond donors (Lipinski definition) is 1. The van der Waals surface area contributed by atoms with Gasteiger partial charge < -0.3 is 9.88 Å². The molecule has 7 nitrogen and oxygen atoms in total. The third kappa shape index (κ3) is 2.25. The number of nitrogens with zero attached hydrogens (tertiary/aromatic N) is 4. The van der Waals surface area contributed by atoms with Crippen molar-refractivity contribution >= 4 is 39.9 Å². The summed E-state index contributed by atoms with van der Waals surface area (Å²) in [4.78, 5) is 30.5. The molecule has 1 saturated carbocycles. The molecule has 2 aliphatic heterocycles. The number of anilines is 1. The summed E-state index contributed by atoms with van der Waals surface area (Å²) in [5, 5.41) is 8.61. The Bertz CT molecular complexity index is 1550. The summed E-state index contributed by atoms with van der Waals surface area (Å²) in [5.74, 6) is 0.324. The van der Waals surface area contributed by atoms with Crippen LogP contribution in [-0.2, 0) is 6.42 Å². The number of nitrogens with one attached hydrogen (secondary N) is 1. The van der Waals surface area contributed by atoms with Crippen molar-refractivity contribution < 1.29 is 9.18 Å². The summed E-state index contributed by atoms with van der Waals surface area (Å²) in [6, 6.07) is 6.40. The van der Waals surface area contributed by atoms with Crippen LogP contribution in [0.1, 0.15) is 65.0 Å². The Labute approximate surface area is 185 Å². The van der Waals surface area contributed by atoms with Crippen LogP contribution in [-0.4, -0.2) is 25.5 Å². The highest BCUT2D eigenvalue weighted by atomic mass is 35.5. The first-order valence-corrected chi connectivity index (χ1v) is 11.2. The lowest BCUT2D eigenvalue weighted by atomic mass is 9.99. The molecule has 2 aromatic heterocycles. The lowest BCUT2D eigenvalue weighted by Crippen LogP contribution is -2.24. The second-order valence-electron chi connectivity index (χ2n) is 8.90. The minimum absolute atomic E-state index is 0.0566. The predicted molar refractivity (Wildman–Crippen MR) is 117 cm³/mol. The molecule has 1 amide bonds. The molecule has 2 aromatic carbocycles. The van der Waals surface area contributed by atoms with E-state index in [9.17, 15) is 14.0 Å². The van der Waals surface area contributed by atoms with Crippen molar-refractivity contribution in [1.29, 1.82) is 0 Å². The first kappa shape index (κ1) is 18.3. The van der Waals surface area contributed by atoms with Crippen molar-refractivity contribution in [2.75, 3.05) is 4.90 Å². The molecule has 7 rings (SSSR count). The zero-order valence-corrected chi connectivity index (χ0v) is 17.6. The Morgan fingerprint density at radius 1 is 1.09 bits per heavy atom. The van der Waals surface area contributed by atoms with Crippen LogP contribution in [0.4, 0.5) is 10.1 Å². The second-order valence-corrected chi connectivity index (χ2v) is 9.31. The van der Waals surface area contributed by atoms with E-state index in [0.717, 1.165) is 48.2 Å². The summed E-state index contributed by atoms with van der Waals surface area (Å²) in [7, 11) is 0. The molecule has 160 valence electrons. The van der Waals surface area contributed by atoms with Gasteiger partial charge in [-0.15, -0.1) is 10.2 Å². The Balaban J connectivity index is 1.47. The maximum absolute atomic E-state index is 14.2. The van der Waals surface area contributed by atoms with Crippen LogP contribution in [0.25, 0.3) is 16.7 Å². The van der Waals surface area contributed by atoms with E-state index in [1.165, 1.54) is 6.07 Å². The number of H-pyrrole nitrogens is 1. The number of aromatic amines is 1. The molecule has 4 heterocycles. The molecule has 9 heteroatoms. The monoisotopic (exact) mass is 449 g/mol. The first-order valence-electron chi connectivity index (χ1n) is 10.8. The molecule has 0 radical (unpaired) electrons. The lowest BCUT2D eigenvalue weighted by Gasteiger charge is -2.17. The zero-order valence-electron chi connectivity index (χ0n) is 16.9. The van der Waals surface area contributed by atoms with E-state index in [-0.39, 0.29) is 34.1 Å². The van der Waals surface area contributed by atoms with E-state index in [4.69, 9.17) is 11.6 Å². The number of fused-ring (bicyclic) bond motifs is 8. The summed E-state index contributed by atoms with van der Waals surface area (Å²) in [6.07, 6.45) is 4.88. The molecule has 0 saturated heterocycles. The van der Waals surface area contributed by atoms with E-state index in [1.54, 1.807) is 17.0 Å². The number of carbonyl (C=O) groups is 1. The van der Waals surface area contributed by atoms with Crippen molar-refractivity contribution in [2.45, 2.75) is 44.1 Å². The standard InChI is InChI=1S/C23H17ClFN5O2/c24-14-5-11-6-18-12-8-19-16(7-13(12)23(32)29(18)17(11)9-15(14)25)26-22(31)21-28-27-20(30(19)21)10-3-1-2-4-10/h5,7-10,18H,1-4,6H2,(H,26,31). The molecular weight excluding hydrogens is 433 g/mol. The average Bonchev–Trinajstić information content (AvgIpc) is 3.54. The normalized spacial score (nSPS) is 19.9. The van der Waals surface area contributed by atoms with Crippen LogP contribution in [0.3, 0.4) is 0 Å². The highest BCUT2D eigenvalue weighted by Crippen LogP contribution is 2.48. The Kier molecular flexibility index (Phi) is 3.53. The number of amides is 1. The number of rotatable bonds is 1. The van der Waals surface area contributed by atoms with E-state index in [0.29, 0.717) is 23.2 Å². The van der Waals surface area contributed by atoms with Gasteiger partial charge in [0, 0.05) is 11.5 Å². The third-order valence-corrected chi connectivity index (χ3v) is 7.47. The fourth-order valence-electron chi connectivity index (χ4n) is 5.72. The van der Waals surface area contributed by atoms with Gasteiger partial charge in [0.05, 0.1) is 27.8 Å². The van der Waals surface area contributed by atoms with Gasteiger partial charge in [-0.05, 0) is 54.7 Å². The summed E-state index contributed by atoms with van der Waals surface area (Å²) in [6.45, 7) is 0. The maximum atomic E-state index is 14.2. The van der Waals surface area contributed by atoms with E-state index in [2.05, 4.69) is 15.2 Å². The van der Waals surface area contributed by atoms with Gasteiger partial charge in [0.2, 0.25) is 5.65 Å². The third-order valence-electron chi connectivity index (χ3n) is 7.18. The fourth-order valence-corrected chi connectivity index (χ4v) is 5.91. The predicted octanol–water partition coefficient (Wildman–Crippen LogP) is 4.28. The van der Waals surface area contributed by atoms with Gasteiger partial charge in [0.1, 0.15) is 11.6 Å². The van der Waals surface area contributed by atoms with Crippen molar-refractivity contribution in [2.24, 2.45) is 0 Å². The topological polar surface area (TPSA) is 83.4 Å². The smallest absolute Gasteiger partial charge is 0.294 e. The molecule has 32 heavy (non-hydrogen) atoms. The molecule has 1 atom stereocenters. The number of halogens is 2. The molecule has 3 aliphatic rings. The zero-order chi connectivity index (χ0) is 21.7. The minimum atomic E-state index is -0.545. The largest absolute Gasteiger partial charge is 0.317 e. The SMILES string of the molecule is O=C1c2cc3[nH]c(=O)c4nnc(C5CCCC5)n4c3cc2C2Cc3cc(Cl)c(F)cc3N12. The quantitative estimate of drug-likeness (QED) is 0.470. The Morgan fingerprint density at radius 2 is 1.91 bits per heavy atom. The van der Waals surface area contributed by atoms with Gasteiger partial charge in [-0.3, -0.25) is 14.0 Å². The summed E-state index contributed by atoms with van der Waals surface area (Å²) >= 11 is 5.98. The van der Waals surface area contributed by atoms with E-state index < -0.39 is 5.82 Å². The van der Waals surface area contributed by atoms with Gasteiger partial charge in [0.15, 0.2) is 0 Å². The first-order chi connectivity index (χ1) is 15.5. The highest BCUT2D eigenvalue weighted by Gasteiger charge is 2.44. The van der Waals surface area contributed by atoms with E-state index in [1.807, 2.05) is 10.5 Å². The average molecular weight is 450 g/mol. The van der Waals surface area contributed by atoms with Crippen LogP contribution in [0.5, 0.6) is 0 Å². The van der Waals surface area contributed by atoms with Crippen molar-refractivity contribution in [3.8, 4) is 0 Å². The Morgan fingerprint density at radius 3 is 2.72 bits per heavy atom. The van der Waals surface area contributed by atoms with Crippen LogP contribution in [0, 0.1) is 5.82 Å². The van der Waals surface area contributed by atoms with Gasteiger partial charge in [0.25, 0.3) is 11.5 Å². The second kappa shape index (κ2) is 6.16. The van der Waals surface area contributed by atoms with Crippen LogP contribution >= 0.6 is 11.6 Å². The summed E-state index contributed by atoms with van der Waals surface area (Å²) in [5.41, 5.74) is 4.06. The molecular formula is C23H17ClFN5O2. The molecule has 1 unspecified atom stereocenters. The van der Waals surface area contributed by atoms with Crippen molar-refractivity contribution in [1.82, 2.24) is 19.6 Å². The molecule has 4 aromatic rings. The molecule has 0 spiro atoms.